The van der Waals surface area contributed by atoms with Gasteiger partial charge in [0, 0.05) is 0 Å². The van der Waals surface area contributed by atoms with Gasteiger partial charge < -0.3 is 0 Å². The SMILES string of the molecule is C[Se]c1ccccc1C=NCCN=Cc1ccccc1[Se]C. The molecular formula is C18H20N2Se2. The number of nitrogens with zero attached hydrogens (tertiary/aromatic N) is 2. The van der Waals surface area contributed by atoms with Gasteiger partial charge in [0.25, 0.3) is 0 Å². The number of rotatable bonds is 7. The Bertz CT molecular complexity index is 594. The van der Waals surface area contributed by atoms with Gasteiger partial charge in [-0.05, 0) is 0 Å². The van der Waals surface area contributed by atoms with Crippen LogP contribution in [0.3, 0.4) is 0 Å². The fourth-order valence-electron chi connectivity index (χ4n) is 1.99. The van der Waals surface area contributed by atoms with Crippen molar-refractivity contribution in [1.29, 1.82) is 0 Å². The monoisotopic (exact) mass is 424 g/mol. The molecule has 0 aliphatic carbocycles. The first-order chi connectivity index (χ1) is 10.8. The molecule has 0 unspecified atom stereocenters. The Hall–Kier alpha value is -1.18. The third-order valence-corrected chi connectivity index (χ3v) is 6.50. The van der Waals surface area contributed by atoms with Crippen LogP contribution in [0.5, 0.6) is 0 Å². The molecule has 0 atom stereocenters. The third-order valence-electron chi connectivity index (χ3n) is 3.10. The van der Waals surface area contributed by atoms with Crippen LogP contribution in [-0.2, 0) is 0 Å². The predicted molar refractivity (Wildman–Crippen MR) is 100 cm³/mol. The van der Waals surface area contributed by atoms with Gasteiger partial charge in [-0.3, -0.25) is 0 Å². The van der Waals surface area contributed by atoms with Crippen LogP contribution in [-0.4, -0.2) is 55.4 Å². The van der Waals surface area contributed by atoms with Gasteiger partial charge in [0.2, 0.25) is 0 Å². The van der Waals surface area contributed by atoms with Crippen LogP contribution in [0.15, 0.2) is 58.5 Å². The Kier molecular flexibility index (Phi) is 7.62. The van der Waals surface area contributed by atoms with Crippen molar-refractivity contribution in [1.82, 2.24) is 0 Å². The van der Waals surface area contributed by atoms with E-state index in [0.717, 1.165) is 13.1 Å². The molecule has 0 aliphatic rings. The Morgan fingerprint density at radius 1 is 0.727 bits per heavy atom. The van der Waals surface area contributed by atoms with E-state index in [0.29, 0.717) is 29.9 Å². The van der Waals surface area contributed by atoms with Gasteiger partial charge in [-0.15, -0.1) is 0 Å². The summed E-state index contributed by atoms with van der Waals surface area (Å²) >= 11 is 1.01. The molecule has 0 N–H and O–H groups in total. The molecule has 114 valence electrons. The molecule has 2 aromatic carbocycles. The Labute approximate surface area is 145 Å². The first-order valence-electron chi connectivity index (χ1n) is 7.11. The minimum atomic E-state index is 0.506. The summed E-state index contributed by atoms with van der Waals surface area (Å²) in [4.78, 5) is 9.00. The van der Waals surface area contributed by atoms with Gasteiger partial charge in [0.15, 0.2) is 0 Å². The number of aliphatic imine (C=N–C) groups is 2. The van der Waals surface area contributed by atoms with E-state index < -0.39 is 0 Å². The van der Waals surface area contributed by atoms with Crippen LogP contribution in [0, 0.1) is 0 Å². The molecule has 0 amide bonds. The summed E-state index contributed by atoms with van der Waals surface area (Å²) in [6.07, 6.45) is 3.97. The zero-order valence-electron chi connectivity index (χ0n) is 12.9. The van der Waals surface area contributed by atoms with Crippen LogP contribution in [0.2, 0.25) is 11.6 Å². The summed E-state index contributed by atoms with van der Waals surface area (Å²) < 4.78 is 2.81. The molecule has 22 heavy (non-hydrogen) atoms. The normalized spacial score (nSPS) is 11.5. The summed E-state index contributed by atoms with van der Waals surface area (Å²) in [7, 11) is 0. The first kappa shape index (κ1) is 17.2. The topological polar surface area (TPSA) is 24.7 Å². The number of benzene rings is 2. The standard InChI is InChI=1S/C18H20N2Se2/c1-21-17-9-5-3-7-15(17)13-19-11-12-20-14-16-8-4-6-10-18(16)22-2/h3-10,13-14H,11-12H2,1-2H3. The zero-order valence-corrected chi connectivity index (χ0v) is 16.3. The van der Waals surface area contributed by atoms with E-state index in [-0.39, 0.29) is 0 Å². The van der Waals surface area contributed by atoms with Crippen LogP contribution in [0.4, 0.5) is 0 Å². The van der Waals surface area contributed by atoms with Gasteiger partial charge in [-0.25, -0.2) is 0 Å². The molecule has 2 aromatic rings. The molecule has 0 radical (unpaired) electrons. The molecular weight excluding hydrogens is 402 g/mol. The van der Waals surface area contributed by atoms with E-state index in [9.17, 15) is 0 Å². The van der Waals surface area contributed by atoms with E-state index in [1.165, 1.54) is 20.1 Å². The van der Waals surface area contributed by atoms with E-state index in [4.69, 9.17) is 0 Å². The zero-order chi connectivity index (χ0) is 15.6. The molecule has 4 heteroatoms. The summed E-state index contributed by atoms with van der Waals surface area (Å²) in [6, 6.07) is 17.0. The van der Waals surface area contributed by atoms with Crippen molar-refractivity contribution in [2.45, 2.75) is 11.6 Å². The van der Waals surface area contributed by atoms with Gasteiger partial charge in [-0.2, -0.15) is 0 Å². The Morgan fingerprint density at radius 2 is 1.14 bits per heavy atom. The molecule has 0 saturated heterocycles. The molecule has 0 bridgehead atoms. The van der Waals surface area contributed by atoms with Gasteiger partial charge in [-0.1, -0.05) is 0 Å². The average Bonchev–Trinajstić information content (AvgIpc) is 2.58. The van der Waals surface area contributed by atoms with Crippen molar-refractivity contribution in [3.63, 3.8) is 0 Å². The molecule has 0 aromatic heterocycles. The molecule has 0 saturated carbocycles. The quantitative estimate of drug-likeness (QED) is 0.371. The molecule has 2 nitrogen and oxygen atoms in total. The Morgan fingerprint density at radius 3 is 1.55 bits per heavy atom. The maximum absolute atomic E-state index is 4.50. The van der Waals surface area contributed by atoms with Crippen LogP contribution >= 0.6 is 0 Å². The second kappa shape index (κ2) is 9.76. The fourth-order valence-corrected chi connectivity index (χ4v) is 4.38. The van der Waals surface area contributed by atoms with E-state index >= 15 is 0 Å². The van der Waals surface area contributed by atoms with Crippen molar-refractivity contribution < 1.29 is 0 Å². The molecule has 0 heterocycles. The molecule has 0 spiro atoms. The predicted octanol–water partition coefficient (Wildman–Crippen LogP) is 1.98. The second-order valence-electron chi connectivity index (χ2n) is 4.55. The van der Waals surface area contributed by atoms with E-state index in [1.807, 2.05) is 12.4 Å². The maximum atomic E-state index is 4.50. The van der Waals surface area contributed by atoms with Gasteiger partial charge >= 0.3 is 146 Å². The van der Waals surface area contributed by atoms with E-state index in [2.05, 4.69) is 70.2 Å². The summed E-state index contributed by atoms with van der Waals surface area (Å²) in [5, 5.41) is 0. The second-order valence-corrected chi connectivity index (χ2v) is 8.11. The van der Waals surface area contributed by atoms with Gasteiger partial charge in [0.1, 0.15) is 0 Å². The minimum absolute atomic E-state index is 0.506. The molecule has 0 aliphatic heterocycles. The van der Waals surface area contributed by atoms with E-state index in [1.54, 1.807) is 0 Å². The third kappa shape index (κ3) is 5.22. The molecule has 2 rings (SSSR count). The van der Waals surface area contributed by atoms with Crippen molar-refractivity contribution in [3.05, 3.63) is 59.7 Å². The van der Waals surface area contributed by atoms with Crippen LogP contribution < -0.4 is 8.92 Å². The average molecular weight is 422 g/mol. The Balaban J connectivity index is 1.86. The van der Waals surface area contributed by atoms with Crippen LogP contribution in [0.1, 0.15) is 11.1 Å². The fraction of sp³-hybridized carbons (Fsp3) is 0.222. The molecule has 0 fully saturated rings. The van der Waals surface area contributed by atoms with Crippen molar-refractivity contribution in [2.24, 2.45) is 9.98 Å². The number of hydrogen-bond donors (Lipinski definition) is 0. The van der Waals surface area contributed by atoms with Crippen molar-refractivity contribution in [3.8, 4) is 0 Å². The van der Waals surface area contributed by atoms with Crippen molar-refractivity contribution in [2.75, 3.05) is 13.1 Å². The van der Waals surface area contributed by atoms with Crippen LogP contribution in [0.25, 0.3) is 0 Å². The summed E-state index contributed by atoms with van der Waals surface area (Å²) in [5.74, 6) is 4.47. The summed E-state index contributed by atoms with van der Waals surface area (Å²) in [5.41, 5.74) is 2.49. The van der Waals surface area contributed by atoms with Crippen molar-refractivity contribution >= 4 is 51.3 Å². The first-order valence-corrected chi connectivity index (χ1v) is 12.2. The summed E-state index contributed by atoms with van der Waals surface area (Å²) in [6.45, 7) is 1.47. The van der Waals surface area contributed by atoms with Gasteiger partial charge in [0.05, 0.1) is 0 Å². The number of hydrogen-bond acceptors (Lipinski definition) is 2.